The van der Waals surface area contributed by atoms with E-state index in [1.807, 2.05) is 31.2 Å². The van der Waals surface area contributed by atoms with Crippen LogP contribution in [-0.2, 0) is 4.79 Å². The summed E-state index contributed by atoms with van der Waals surface area (Å²) < 4.78 is 5.18. The zero-order chi connectivity index (χ0) is 17.3. The van der Waals surface area contributed by atoms with E-state index in [4.69, 9.17) is 9.84 Å². The van der Waals surface area contributed by atoms with Gasteiger partial charge in [-0.2, -0.15) is 0 Å². The predicted molar refractivity (Wildman–Crippen MR) is 93.8 cm³/mol. The lowest BCUT2D eigenvalue weighted by atomic mass is 10.1. The lowest BCUT2D eigenvalue weighted by Crippen LogP contribution is -2.28. The summed E-state index contributed by atoms with van der Waals surface area (Å²) >= 11 is 1.56. The van der Waals surface area contributed by atoms with Crippen LogP contribution in [0, 0.1) is 6.92 Å². The van der Waals surface area contributed by atoms with Gasteiger partial charge in [-0.25, -0.2) is 4.79 Å². The molecule has 2 aromatic rings. The third-order valence-corrected chi connectivity index (χ3v) is 5.18. The minimum absolute atomic E-state index is 0.0204. The molecular weight excluding hydrogens is 326 g/mol. The number of carbonyl (C=O) groups excluding carboxylic acids is 1. The van der Waals surface area contributed by atoms with E-state index in [-0.39, 0.29) is 16.8 Å². The maximum absolute atomic E-state index is 12.4. The minimum Gasteiger partial charge on any atom is -0.497 e. The molecule has 1 aliphatic rings. The number of hydrogen-bond donors (Lipinski definition) is 1. The molecule has 6 heteroatoms. The second-order valence-electron chi connectivity index (χ2n) is 5.51. The summed E-state index contributed by atoms with van der Waals surface area (Å²) in [5, 5.41) is 8.97. The molecule has 2 aromatic carbocycles. The molecule has 0 saturated carbocycles. The number of aryl methyl sites for hydroxylation is 1. The molecule has 1 atom stereocenters. The van der Waals surface area contributed by atoms with Gasteiger partial charge in [0.1, 0.15) is 11.1 Å². The van der Waals surface area contributed by atoms with E-state index < -0.39 is 5.97 Å². The van der Waals surface area contributed by atoms with E-state index in [2.05, 4.69) is 0 Å². The van der Waals surface area contributed by atoms with Gasteiger partial charge in [0.05, 0.1) is 18.4 Å². The molecule has 5 nitrogen and oxygen atoms in total. The molecule has 1 saturated heterocycles. The fourth-order valence-corrected chi connectivity index (χ4v) is 3.93. The second kappa shape index (κ2) is 6.57. The largest absolute Gasteiger partial charge is 0.497 e. The first-order valence-electron chi connectivity index (χ1n) is 7.43. The van der Waals surface area contributed by atoms with Gasteiger partial charge >= 0.3 is 5.97 Å². The predicted octanol–water partition coefficient (Wildman–Crippen LogP) is 3.48. The summed E-state index contributed by atoms with van der Waals surface area (Å²) in [6, 6.07) is 12.5. The van der Waals surface area contributed by atoms with Crippen molar-refractivity contribution in [2.24, 2.45) is 0 Å². The van der Waals surface area contributed by atoms with Gasteiger partial charge in [-0.15, -0.1) is 11.8 Å². The van der Waals surface area contributed by atoms with Crippen molar-refractivity contribution in [1.82, 2.24) is 0 Å². The van der Waals surface area contributed by atoms with Crippen LogP contribution in [0.1, 0.15) is 26.9 Å². The van der Waals surface area contributed by atoms with Gasteiger partial charge in [0.15, 0.2) is 0 Å². The normalized spacial score (nSPS) is 17.2. The summed E-state index contributed by atoms with van der Waals surface area (Å²) in [4.78, 5) is 25.3. The smallest absolute Gasteiger partial charge is 0.335 e. The molecule has 1 fully saturated rings. The summed E-state index contributed by atoms with van der Waals surface area (Å²) in [7, 11) is 1.61. The number of carboxylic acid groups (broad SMARTS) is 1. The quantitative estimate of drug-likeness (QED) is 0.920. The molecule has 0 aromatic heterocycles. The number of carboxylic acids is 1. The number of methoxy groups -OCH3 is 1. The van der Waals surface area contributed by atoms with E-state index >= 15 is 0 Å². The number of benzene rings is 2. The zero-order valence-corrected chi connectivity index (χ0v) is 14.2. The van der Waals surface area contributed by atoms with Crippen LogP contribution in [0.5, 0.6) is 5.75 Å². The summed E-state index contributed by atoms with van der Waals surface area (Å²) in [6.07, 6.45) is 0. The Morgan fingerprint density at radius 1 is 1.25 bits per heavy atom. The van der Waals surface area contributed by atoms with Crippen LogP contribution in [0.2, 0.25) is 0 Å². The third-order valence-electron chi connectivity index (χ3n) is 3.97. The van der Waals surface area contributed by atoms with Crippen LogP contribution in [0.25, 0.3) is 0 Å². The van der Waals surface area contributed by atoms with Crippen LogP contribution in [0.3, 0.4) is 0 Å². The Kier molecular flexibility index (Phi) is 4.49. The van der Waals surface area contributed by atoms with E-state index in [0.29, 0.717) is 5.75 Å². The van der Waals surface area contributed by atoms with Crippen molar-refractivity contribution < 1.29 is 19.4 Å². The van der Waals surface area contributed by atoms with Crippen molar-refractivity contribution in [3.8, 4) is 5.75 Å². The molecule has 124 valence electrons. The van der Waals surface area contributed by atoms with Crippen LogP contribution in [0.4, 0.5) is 5.69 Å². The van der Waals surface area contributed by atoms with Crippen LogP contribution < -0.4 is 9.64 Å². The van der Waals surface area contributed by atoms with Crippen molar-refractivity contribution in [3.63, 3.8) is 0 Å². The fraction of sp³-hybridized carbons (Fsp3) is 0.222. The highest BCUT2D eigenvalue weighted by Crippen LogP contribution is 2.43. The second-order valence-corrected chi connectivity index (χ2v) is 6.58. The number of hydrogen-bond acceptors (Lipinski definition) is 4. The number of anilines is 1. The molecule has 0 radical (unpaired) electrons. The standard InChI is InChI=1S/C18H17NO4S/c1-11-9-13(18(21)22)5-8-15(11)19-16(20)10-24-17(19)12-3-6-14(23-2)7-4-12/h3-9,17H,10H2,1-2H3,(H,21,22). The van der Waals surface area contributed by atoms with E-state index in [9.17, 15) is 9.59 Å². The maximum Gasteiger partial charge on any atom is 0.335 e. The monoisotopic (exact) mass is 343 g/mol. The van der Waals surface area contributed by atoms with Gasteiger partial charge in [0.25, 0.3) is 0 Å². The van der Waals surface area contributed by atoms with E-state index in [0.717, 1.165) is 22.6 Å². The van der Waals surface area contributed by atoms with Crippen LogP contribution in [-0.4, -0.2) is 29.8 Å². The van der Waals surface area contributed by atoms with Gasteiger partial charge in [0.2, 0.25) is 5.91 Å². The van der Waals surface area contributed by atoms with Gasteiger partial charge in [-0.05, 0) is 48.4 Å². The summed E-state index contributed by atoms with van der Waals surface area (Å²) in [6.45, 7) is 1.82. The third kappa shape index (κ3) is 2.97. The lowest BCUT2D eigenvalue weighted by molar-refractivity contribution is -0.115. The molecule has 0 spiro atoms. The Labute approximate surface area is 144 Å². The number of carbonyl (C=O) groups is 2. The SMILES string of the molecule is COc1ccc(C2SCC(=O)N2c2ccc(C(=O)O)cc2C)cc1. The molecule has 1 heterocycles. The molecule has 1 aliphatic heterocycles. The molecule has 1 amide bonds. The first-order valence-corrected chi connectivity index (χ1v) is 8.47. The number of ether oxygens (including phenoxy) is 1. The Hall–Kier alpha value is -2.47. The number of aromatic carboxylic acids is 1. The summed E-state index contributed by atoms with van der Waals surface area (Å²) in [5.41, 5.74) is 2.74. The lowest BCUT2D eigenvalue weighted by Gasteiger charge is -2.26. The Bertz CT molecular complexity index is 788. The number of amides is 1. The van der Waals surface area contributed by atoms with Gasteiger partial charge < -0.3 is 9.84 Å². The van der Waals surface area contributed by atoms with Crippen molar-refractivity contribution >= 4 is 29.3 Å². The molecule has 0 bridgehead atoms. The molecule has 1 unspecified atom stereocenters. The first kappa shape index (κ1) is 16.4. The van der Waals surface area contributed by atoms with Gasteiger partial charge in [0, 0.05) is 5.69 Å². The zero-order valence-electron chi connectivity index (χ0n) is 13.4. The average Bonchev–Trinajstić information content (AvgIpc) is 2.96. The highest BCUT2D eigenvalue weighted by molar-refractivity contribution is 8.00. The number of thioether (sulfide) groups is 1. The first-order chi connectivity index (χ1) is 11.5. The van der Waals surface area contributed by atoms with Crippen molar-refractivity contribution in [3.05, 3.63) is 59.2 Å². The molecular formula is C18H17NO4S. The van der Waals surface area contributed by atoms with Gasteiger partial charge in [-0.3, -0.25) is 9.69 Å². The highest BCUT2D eigenvalue weighted by atomic mass is 32.2. The number of rotatable bonds is 4. The topological polar surface area (TPSA) is 66.8 Å². The Morgan fingerprint density at radius 3 is 2.54 bits per heavy atom. The minimum atomic E-state index is -0.974. The molecule has 0 aliphatic carbocycles. The van der Waals surface area contributed by atoms with Gasteiger partial charge in [-0.1, -0.05) is 12.1 Å². The highest BCUT2D eigenvalue weighted by Gasteiger charge is 2.34. The molecule has 3 rings (SSSR count). The fourth-order valence-electron chi connectivity index (χ4n) is 2.76. The Morgan fingerprint density at radius 2 is 1.96 bits per heavy atom. The van der Waals surface area contributed by atoms with Crippen LogP contribution in [0.15, 0.2) is 42.5 Å². The Balaban J connectivity index is 1.97. The van der Waals surface area contributed by atoms with Crippen molar-refractivity contribution in [2.75, 3.05) is 17.8 Å². The van der Waals surface area contributed by atoms with Crippen molar-refractivity contribution in [2.45, 2.75) is 12.3 Å². The number of nitrogens with zero attached hydrogens (tertiary/aromatic N) is 1. The molecule has 1 N–H and O–H groups in total. The molecule has 24 heavy (non-hydrogen) atoms. The van der Waals surface area contributed by atoms with Crippen LogP contribution >= 0.6 is 11.8 Å². The average molecular weight is 343 g/mol. The van der Waals surface area contributed by atoms with E-state index in [1.165, 1.54) is 6.07 Å². The van der Waals surface area contributed by atoms with Crippen molar-refractivity contribution in [1.29, 1.82) is 0 Å². The van der Waals surface area contributed by atoms with E-state index in [1.54, 1.807) is 35.9 Å². The maximum atomic E-state index is 12.4. The summed E-state index contributed by atoms with van der Waals surface area (Å²) in [5.74, 6) is 0.212.